The number of esters is 1. The fourth-order valence-corrected chi connectivity index (χ4v) is 3.30. The van der Waals surface area contributed by atoms with Crippen LogP contribution in [0.25, 0.3) is 0 Å². The van der Waals surface area contributed by atoms with Gasteiger partial charge in [-0.3, -0.25) is 4.79 Å². The third-order valence-corrected chi connectivity index (χ3v) is 4.19. The van der Waals surface area contributed by atoms with Crippen molar-refractivity contribution in [2.24, 2.45) is 5.73 Å². The molecule has 1 spiro atoms. The summed E-state index contributed by atoms with van der Waals surface area (Å²) < 4.78 is 10.7. The van der Waals surface area contributed by atoms with E-state index < -0.39 is 23.4 Å². The minimum Gasteiger partial charge on any atom is -0.459 e. The lowest BCUT2D eigenvalue weighted by Crippen LogP contribution is -2.46. The summed E-state index contributed by atoms with van der Waals surface area (Å²) in [4.78, 5) is 25.8. The van der Waals surface area contributed by atoms with E-state index in [-0.39, 0.29) is 22.8 Å². The highest BCUT2D eigenvalue weighted by Crippen LogP contribution is 2.51. The average molecular weight is 339 g/mol. The van der Waals surface area contributed by atoms with Crippen molar-refractivity contribution in [2.75, 3.05) is 5.32 Å². The first kappa shape index (κ1) is 16.6. The van der Waals surface area contributed by atoms with E-state index >= 15 is 0 Å². The molecule has 0 radical (unpaired) electrons. The Balaban J connectivity index is 2.35. The molecule has 1 aromatic carbocycles. The SMILES string of the molecule is CC1=C(C(=O)OC(C)C)[C@@]2(C(=O)Nc3ccccc32)C(C#N)=C(N)O1. The van der Waals surface area contributed by atoms with Crippen molar-refractivity contribution in [3.63, 3.8) is 0 Å². The number of carbonyl (C=O) groups excluding carboxylic acids is 2. The standard InChI is InChI=1S/C18H17N3O4/c1-9(2)24-16(22)14-10(3)25-15(20)12(8-19)18(14)11-6-4-5-7-13(11)21-17(18)23/h4-7,9H,20H2,1-3H3,(H,21,23)/t18-/m0/s1. The molecule has 1 aromatic rings. The molecular weight excluding hydrogens is 322 g/mol. The minimum atomic E-state index is -1.68. The number of hydrogen-bond donors (Lipinski definition) is 2. The van der Waals surface area contributed by atoms with Gasteiger partial charge in [-0.15, -0.1) is 0 Å². The molecule has 0 saturated carbocycles. The Kier molecular flexibility index (Phi) is 3.76. The Morgan fingerprint density at radius 2 is 2.08 bits per heavy atom. The first-order chi connectivity index (χ1) is 11.8. The predicted octanol–water partition coefficient (Wildman–Crippen LogP) is 1.83. The van der Waals surface area contributed by atoms with Crippen molar-refractivity contribution in [1.29, 1.82) is 5.26 Å². The molecule has 0 aromatic heterocycles. The second kappa shape index (κ2) is 5.67. The van der Waals surface area contributed by atoms with Gasteiger partial charge >= 0.3 is 5.97 Å². The van der Waals surface area contributed by atoms with Gasteiger partial charge in [0.1, 0.15) is 23.0 Å². The number of carbonyl (C=O) groups is 2. The van der Waals surface area contributed by atoms with Crippen LogP contribution in [0.5, 0.6) is 0 Å². The molecule has 0 fully saturated rings. The van der Waals surface area contributed by atoms with Crippen LogP contribution in [-0.2, 0) is 24.5 Å². The lowest BCUT2D eigenvalue weighted by atomic mass is 9.68. The van der Waals surface area contributed by atoms with Crippen LogP contribution in [0.1, 0.15) is 26.3 Å². The van der Waals surface area contributed by atoms with Crippen LogP contribution in [0.4, 0.5) is 5.69 Å². The summed E-state index contributed by atoms with van der Waals surface area (Å²) in [7, 11) is 0. The highest BCUT2D eigenvalue weighted by Gasteiger charge is 2.59. The summed E-state index contributed by atoms with van der Waals surface area (Å²) in [6, 6.07) is 8.79. The zero-order valence-corrected chi connectivity index (χ0v) is 14.0. The molecule has 2 aliphatic rings. The summed E-state index contributed by atoms with van der Waals surface area (Å²) in [5, 5.41) is 12.4. The molecule has 1 atom stereocenters. The number of rotatable bonds is 2. The van der Waals surface area contributed by atoms with Crippen molar-refractivity contribution in [3.05, 3.63) is 52.6 Å². The number of nitrogens with zero attached hydrogens (tertiary/aromatic N) is 1. The average Bonchev–Trinajstić information content (AvgIpc) is 2.80. The number of anilines is 1. The minimum absolute atomic E-state index is 0.0330. The van der Waals surface area contributed by atoms with E-state index in [1.807, 2.05) is 6.07 Å². The molecular formula is C18H17N3O4. The first-order valence-corrected chi connectivity index (χ1v) is 7.75. The van der Waals surface area contributed by atoms with Gasteiger partial charge in [0.15, 0.2) is 5.41 Å². The first-order valence-electron chi connectivity index (χ1n) is 7.75. The molecule has 0 bridgehead atoms. The quantitative estimate of drug-likeness (QED) is 0.794. The Labute approximate surface area is 144 Å². The van der Waals surface area contributed by atoms with E-state index in [0.717, 1.165) is 0 Å². The fraction of sp³-hybridized carbons (Fsp3) is 0.278. The number of amides is 1. The number of benzene rings is 1. The van der Waals surface area contributed by atoms with E-state index in [4.69, 9.17) is 15.2 Å². The maximum Gasteiger partial charge on any atom is 0.339 e. The summed E-state index contributed by atoms with van der Waals surface area (Å²) in [5.41, 5.74) is 5.03. The molecule has 1 amide bonds. The number of hydrogen-bond acceptors (Lipinski definition) is 6. The number of ether oxygens (including phenoxy) is 2. The Hall–Kier alpha value is -3.27. The third-order valence-electron chi connectivity index (χ3n) is 4.19. The fourth-order valence-electron chi connectivity index (χ4n) is 3.30. The maximum atomic E-state index is 13.0. The van der Waals surface area contributed by atoms with Gasteiger partial charge in [-0.2, -0.15) is 5.26 Å². The van der Waals surface area contributed by atoms with Crippen LogP contribution >= 0.6 is 0 Å². The van der Waals surface area contributed by atoms with Gasteiger partial charge in [0.25, 0.3) is 0 Å². The molecule has 25 heavy (non-hydrogen) atoms. The van der Waals surface area contributed by atoms with Gasteiger partial charge in [0, 0.05) is 11.3 Å². The predicted molar refractivity (Wildman–Crippen MR) is 88.6 cm³/mol. The van der Waals surface area contributed by atoms with Crippen LogP contribution in [0.3, 0.4) is 0 Å². The Morgan fingerprint density at radius 3 is 2.72 bits per heavy atom. The van der Waals surface area contributed by atoms with Gasteiger partial charge in [-0.1, -0.05) is 18.2 Å². The van der Waals surface area contributed by atoms with E-state index in [1.165, 1.54) is 6.92 Å². The smallest absolute Gasteiger partial charge is 0.339 e. The van der Waals surface area contributed by atoms with Crippen molar-refractivity contribution < 1.29 is 19.1 Å². The van der Waals surface area contributed by atoms with E-state index in [0.29, 0.717) is 11.3 Å². The molecule has 0 unspecified atom stereocenters. The van der Waals surface area contributed by atoms with Gasteiger partial charge in [0.2, 0.25) is 11.8 Å². The van der Waals surface area contributed by atoms with Crippen LogP contribution < -0.4 is 11.1 Å². The Bertz CT molecular complexity index is 892. The zero-order chi connectivity index (χ0) is 18.4. The normalized spacial score (nSPS) is 21.8. The molecule has 2 heterocycles. The van der Waals surface area contributed by atoms with Gasteiger partial charge in [0.05, 0.1) is 6.10 Å². The summed E-state index contributed by atoms with van der Waals surface area (Å²) in [5.74, 6) is -1.33. The summed E-state index contributed by atoms with van der Waals surface area (Å²) in [6.45, 7) is 4.92. The monoisotopic (exact) mass is 339 g/mol. The highest BCUT2D eigenvalue weighted by atomic mass is 16.5. The zero-order valence-electron chi connectivity index (χ0n) is 14.0. The van der Waals surface area contributed by atoms with Crippen molar-refractivity contribution in [1.82, 2.24) is 0 Å². The molecule has 0 aliphatic carbocycles. The van der Waals surface area contributed by atoms with Gasteiger partial charge in [-0.05, 0) is 26.8 Å². The largest absolute Gasteiger partial charge is 0.459 e. The number of nitrogens with two attached hydrogens (primary N) is 1. The molecule has 7 heteroatoms. The maximum absolute atomic E-state index is 13.0. The number of allylic oxidation sites excluding steroid dienone is 1. The number of para-hydroxylation sites is 1. The second-order valence-electron chi connectivity index (χ2n) is 6.09. The molecule has 3 rings (SSSR count). The lowest BCUT2D eigenvalue weighted by molar-refractivity contribution is -0.144. The lowest BCUT2D eigenvalue weighted by Gasteiger charge is -2.34. The van der Waals surface area contributed by atoms with Crippen LogP contribution in [0, 0.1) is 11.3 Å². The number of nitriles is 1. The highest BCUT2D eigenvalue weighted by molar-refractivity contribution is 6.17. The molecule has 0 saturated heterocycles. The van der Waals surface area contributed by atoms with E-state index in [2.05, 4.69) is 5.32 Å². The van der Waals surface area contributed by atoms with Crippen LogP contribution in [-0.4, -0.2) is 18.0 Å². The van der Waals surface area contributed by atoms with Crippen molar-refractivity contribution in [3.8, 4) is 6.07 Å². The summed E-state index contributed by atoms with van der Waals surface area (Å²) >= 11 is 0. The number of fused-ring (bicyclic) bond motifs is 2. The molecule has 128 valence electrons. The van der Waals surface area contributed by atoms with Crippen LogP contribution in [0.2, 0.25) is 0 Å². The number of nitrogens with one attached hydrogen (secondary N) is 1. The Morgan fingerprint density at radius 1 is 1.40 bits per heavy atom. The second-order valence-corrected chi connectivity index (χ2v) is 6.09. The molecule has 3 N–H and O–H groups in total. The topological polar surface area (TPSA) is 114 Å². The summed E-state index contributed by atoms with van der Waals surface area (Å²) in [6.07, 6.45) is -0.404. The van der Waals surface area contributed by atoms with Gasteiger partial charge < -0.3 is 20.5 Å². The third kappa shape index (κ3) is 2.18. The molecule has 7 nitrogen and oxygen atoms in total. The van der Waals surface area contributed by atoms with Crippen LogP contribution in [0.15, 0.2) is 47.1 Å². The van der Waals surface area contributed by atoms with E-state index in [1.54, 1.807) is 38.1 Å². The van der Waals surface area contributed by atoms with E-state index in [9.17, 15) is 14.9 Å². The van der Waals surface area contributed by atoms with Gasteiger partial charge in [-0.25, -0.2) is 4.79 Å². The van der Waals surface area contributed by atoms with Crippen molar-refractivity contribution >= 4 is 17.6 Å². The van der Waals surface area contributed by atoms with Crippen molar-refractivity contribution in [2.45, 2.75) is 32.3 Å². The molecule has 2 aliphatic heterocycles.